The molecule has 9 nitrogen and oxygen atoms in total. The maximum absolute atomic E-state index is 13.5. The molecular formula is C23H22FN5O4S. The molecule has 0 bridgehead atoms. The van der Waals surface area contributed by atoms with Crippen LogP contribution in [0.5, 0.6) is 0 Å². The molecule has 0 atom stereocenters. The van der Waals surface area contributed by atoms with E-state index in [1.165, 1.54) is 30.3 Å². The van der Waals surface area contributed by atoms with Gasteiger partial charge in [0, 0.05) is 42.6 Å². The Morgan fingerprint density at radius 3 is 2.65 bits per heavy atom. The van der Waals surface area contributed by atoms with Gasteiger partial charge in [-0.25, -0.2) is 22.8 Å². The summed E-state index contributed by atoms with van der Waals surface area (Å²) in [6.45, 7) is 3.41. The lowest BCUT2D eigenvalue weighted by Crippen LogP contribution is -2.37. The second kappa shape index (κ2) is 8.99. The number of aromatic nitrogens is 2. The van der Waals surface area contributed by atoms with E-state index in [1.807, 2.05) is 0 Å². The van der Waals surface area contributed by atoms with Crippen LogP contribution in [0.4, 0.5) is 16.0 Å². The molecule has 3 heterocycles. The lowest BCUT2D eigenvalue weighted by atomic mass is 10.2. The average molecular weight is 484 g/mol. The number of nitrogens with one attached hydrogen (secondary N) is 1. The Morgan fingerprint density at radius 1 is 1.06 bits per heavy atom. The molecule has 0 unspecified atom stereocenters. The fraction of sp³-hybridized carbons (Fsp3) is 0.261. The van der Waals surface area contributed by atoms with E-state index in [4.69, 9.17) is 4.74 Å². The summed E-state index contributed by atoms with van der Waals surface area (Å²) in [5.41, 5.74) is 2.22. The van der Waals surface area contributed by atoms with Gasteiger partial charge in [-0.2, -0.15) is 0 Å². The van der Waals surface area contributed by atoms with Crippen LogP contribution in [-0.2, 0) is 27.8 Å². The van der Waals surface area contributed by atoms with Crippen molar-refractivity contribution in [1.29, 1.82) is 0 Å². The van der Waals surface area contributed by atoms with Crippen molar-refractivity contribution in [2.45, 2.75) is 18.0 Å². The third-order valence-corrected chi connectivity index (χ3v) is 7.07. The highest BCUT2D eigenvalue weighted by Crippen LogP contribution is 2.26. The first-order valence-electron chi connectivity index (χ1n) is 10.7. The molecule has 2 aliphatic heterocycles. The Labute approximate surface area is 196 Å². The van der Waals surface area contributed by atoms with E-state index in [9.17, 15) is 17.6 Å². The van der Waals surface area contributed by atoms with E-state index in [1.54, 1.807) is 23.2 Å². The minimum Gasteiger partial charge on any atom is -0.378 e. The van der Waals surface area contributed by atoms with Crippen LogP contribution < -0.4 is 9.62 Å². The minimum atomic E-state index is -4.00. The van der Waals surface area contributed by atoms with Crippen LogP contribution >= 0.6 is 0 Å². The highest BCUT2D eigenvalue weighted by Gasteiger charge is 2.27. The van der Waals surface area contributed by atoms with Crippen molar-refractivity contribution in [2.75, 3.05) is 35.9 Å². The predicted octanol–water partition coefficient (Wildman–Crippen LogP) is 2.41. The van der Waals surface area contributed by atoms with Crippen molar-refractivity contribution < 1.29 is 22.3 Å². The third kappa shape index (κ3) is 4.57. The lowest BCUT2D eigenvalue weighted by Gasteiger charge is -2.26. The first-order valence-corrected chi connectivity index (χ1v) is 12.2. The van der Waals surface area contributed by atoms with Crippen LogP contribution in [0.25, 0.3) is 0 Å². The van der Waals surface area contributed by atoms with Crippen LogP contribution in [-0.4, -0.2) is 55.5 Å². The summed E-state index contributed by atoms with van der Waals surface area (Å²) in [4.78, 5) is 25.8. The number of rotatable bonds is 5. The number of carbonyl (C=O) groups is 1. The molecule has 3 aromatic rings. The zero-order chi connectivity index (χ0) is 23.7. The largest absolute Gasteiger partial charge is 0.378 e. The molecule has 1 aromatic heterocycles. The first kappa shape index (κ1) is 22.2. The standard InChI is InChI=1S/C23H22FN5O4S/c24-18-4-2-6-20(12-18)34(31,32)27-19-5-1-3-16(11-19)22(30)29-14-17-13-25-23(26-21(17)15-29)28-7-9-33-10-8-28/h1-6,11-13,27H,7-10,14-15H2. The summed E-state index contributed by atoms with van der Waals surface area (Å²) in [7, 11) is -4.00. The van der Waals surface area contributed by atoms with Gasteiger partial charge in [0.15, 0.2) is 0 Å². The molecule has 2 aliphatic rings. The van der Waals surface area contributed by atoms with Crippen molar-refractivity contribution in [3.63, 3.8) is 0 Å². The fourth-order valence-corrected chi connectivity index (χ4v) is 5.03. The molecule has 5 rings (SSSR count). The Bertz CT molecular complexity index is 1340. The molecule has 0 aliphatic carbocycles. The number of hydrogen-bond acceptors (Lipinski definition) is 7. The summed E-state index contributed by atoms with van der Waals surface area (Å²) in [6, 6.07) is 10.9. The van der Waals surface area contributed by atoms with Gasteiger partial charge in [0.05, 0.1) is 30.3 Å². The molecule has 1 amide bonds. The normalized spacial score (nSPS) is 15.8. The molecule has 0 saturated carbocycles. The van der Waals surface area contributed by atoms with Gasteiger partial charge in [-0.05, 0) is 36.4 Å². The average Bonchev–Trinajstić information content (AvgIpc) is 3.27. The maximum atomic E-state index is 13.5. The molecular weight excluding hydrogens is 461 g/mol. The predicted molar refractivity (Wildman–Crippen MR) is 122 cm³/mol. The molecule has 11 heteroatoms. The van der Waals surface area contributed by atoms with Crippen LogP contribution in [0.15, 0.2) is 59.6 Å². The van der Waals surface area contributed by atoms with Crippen molar-refractivity contribution in [1.82, 2.24) is 14.9 Å². The number of benzene rings is 2. The van der Waals surface area contributed by atoms with E-state index in [0.717, 1.165) is 30.4 Å². The Kier molecular flexibility index (Phi) is 5.88. The number of morpholine rings is 1. The monoisotopic (exact) mass is 483 g/mol. The Hall–Kier alpha value is -3.57. The van der Waals surface area contributed by atoms with Crippen molar-refractivity contribution in [2.24, 2.45) is 0 Å². The molecule has 1 N–H and O–H groups in total. The molecule has 176 valence electrons. The molecule has 34 heavy (non-hydrogen) atoms. The van der Waals surface area contributed by atoms with Crippen LogP contribution in [0, 0.1) is 5.82 Å². The Morgan fingerprint density at radius 2 is 1.85 bits per heavy atom. The van der Waals surface area contributed by atoms with Gasteiger partial charge in [-0.3, -0.25) is 9.52 Å². The van der Waals surface area contributed by atoms with Crippen molar-refractivity contribution in [3.05, 3.63) is 77.4 Å². The zero-order valence-corrected chi connectivity index (χ0v) is 19.0. The lowest BCUT2D eigenvalue weighted by molar-refractivity contribution is 0.0750. The molecule has 2 aromatic carbocycles. The van der Waals surface area contributed by atoms with E-state index < -0.39 is 15.8 Å². The van der Waals surface area contributed by atoms with Gasteiger partial charge in [0.1, 0.15) is 5.82 Å². The maximum Gasteiger partial charge on any atom is 0.261 e. The fourth-order valence-electron chi connectivity index (χ4n) is 3.95. The molecule has 1 fully saturated rings. The van der Waals surface area contributed by atoms with Crippen LogP contribution in [0.1, 0.15) is 21.6 Å². The number of ether oxygens (including phenoxy) is 1. The van der Waals surface area contributed by atoms with Gasteiger partial charge in [-0.1, -0.05) is 12.1 Å². The number of anilines is 2. The second-order valence-corrected chi connectivity index (χ2v) is 9.73. The SMILES string of the molecule is O=C(c1cccc(NS(=O)(=O)c2cccc(F)c2)c1)N1Cc2cnc(N3CCOCC3)nc2C1. The number of halogens is 1. The summed E-state index contributed by atoms with van der Waals surface area (Å²) >= 11 is 0. The summed E-state index contributed by atoms with van der Waals surface area (Å²) in [5.74, 6) is -0.275. The topological polar surface area (TPSA) is 105 Å². The minimum absolute atomic E-state index is 0.200. The number of sulfonamides is 1. The summed E-state index contributed by atoms with van der Waals surface area (Å²) in [6.07, 6.45) is 1.75. The zero-order valence-electron chi connectivity index (χ0n) is 18.1. The first-order chi connectivity index (χ1) is 16.4. The van der Waals surface area contributed by atoms with E-state index >= 15 is 0 Å². The number of fused-ring (bicyclic) bond motifs is 1. The van der Waals surface area contributed by atoms with Gasteiger partial charge in [0.25, 0.3) is 15.9 Å². The molecule has 0 radical (unpaired) electrons. The van der Waals surface area contributed by atoms with Gasteiger partial charge in [-0.15, -0.1) is 0 Å². The highest BCUT2D eigenvalue weighted by atomic mass is 32.2. The number of amides is 1. The van der Waals surface area contributed by atoms with E-state index in [2.05, 4.69) is 19.6 Å². The van der Waals surface area contributed by atoms with Crippen LogP contribution in [0.2, 0.25) is 0 Å². The quantitative estimate of drug-likeness (QED) is 0.594. The third-order valence-electron chi connectivity index (χ3n) is 5.69. The van der Waals surface area contributed by atoms with Crippen LogP contribution in [0.3, 0.4) is 0 Å². The second-order valence-electron chi connectivity index (χ2n) is 8.05. The van der Waals surface area contributed by atoms with E-state index in [0.29, 0.717) is 37.8 Å². The van der Waals surface area contributed by atoms with E-state index in [-0.39, 0.29) is 16.5 Å². The molecule has 1 saturated heterocycles. The Balaban J connectivity index is 1.31. The van der Waals surface area contributed by atoms with Gasteiger partial charge >= 0.3 is 0 Å². The smallest absolute Gasteiger partial charge is 0.261 e. The number of nitrogens with zero attached hydrogens (tertiary/aromatic N) is 4. The summed E-state index contributed by atoms with van der Waals surface area (Å²) in [5, 5.41) is 0. The van der Waals surface area contributed by atoms with Gasteiger partial charge < -0.3 is 14.5 Å². The summed E-state index contributed by atoms with van der Waals surface area (Å²) < 4.78 is 46.4. The highest BCUT2D eigenvalue weighted by molar-refractivity contribution is 7.92. The number of carbonyl (C=O) groups excluding carboxylic acids is 1. The number of hydrogen-bond donors (Lipinski definition) is 1. The molecule has 0 spiro atoms. The van der Waals surface area contributed by atoms with Crippen molar-refractivity contribution >= 4 is 27.6 Å². The van der Waals surface area contributed by atoms with Gasteiger partial charge in [0.2, 0.25) is 5.95 Å². The van der Waals surface area contributed by atoms with Crippen molar-refractivity contribution in [3.8, 4) is 0 Å².